The van der Waals surface area contributed by atoms with Gasteiger partial charge in [-0.25, -0.2) is 9.78 Å². The van der Waals surface area contributed by atoms with Gasteiger partial charge in [0.25, 0.3) is 0 Å². The maximum Gasteiger partial charge on any atom is 0.336 e. The van der Waals surface area contributed by atoms with Crippen LogP contribution in [0.5, 0.6) is 5.75 Å². The van der Waals surface area contributed by atoms with E-state index in [9.17, 15) is 9.90 Å². The topological polar surface area (TPSA) is 86.5 Å². The first-order chi connectivity index (χ1) is 17.2. The minimum atomic E-state index is -0.952. The minimum Gasteiger partial charge on any atom is -0.489 e. The number of aromatic nitrogens is 3. The molecule has 0 aliphatic heterocycles. The Balaban J connectivity index is 1.65. The number of aromatic carboxylic acids is 1. The van der Waals surface area contributed by atoms with Crippen LogP contribution >= 0.6 is 11.6 Å². The Bertz CT molecular complexity index is 1440. The number of nitrogens with zero attached hydrogens (tertiary/aromatic N) is 3. The van der Waals surface area contributed by atoms with Gasteiger partial charge in [-0.1, -0.05) is 23.7 Å². The van der Waals surface area contributed by atoms with Crippen LogP contribution < -0.4 is 4.74 Å². The molecule has 0 aliphatic carbocycles. The maximum absolute atomic E-state index is 11.9. The second-order valence-corrected chi connectivity index (χ2v) is 9.32. The van der Waals surface area contributed by atoms with Crippen LogP contribution in [0, 0.1) is 27.7 Å². The average molecular weight is 508 g/mol. The summed E-state index contributed by atoms with van der Waals surface area (Å²) >= 11 is 6.55. The second-order valence-electron chi connectivity index (χ2n) is 8.91. The third-order valence-electron chi connectivity index (χ3n) is 6.32. The molecule has 0 fully saturated rings. The van der Waals surface area contributed by atoms with Crippen molar-refractivity contribution in [1.82, 2.24) is 14.5 Å². The van der Waals surface area contributed by atoms with Crippen molar-refractivity contribution in [2.24, 2.45) is 0 Å². The largest absolute Gasteiger partial charge is 0.489 e. The first kappa shape index (κ1) is 25.7. The van der Waals surface area contributed by atoms with Crippen LogP contribution in [0.2, 0.25) is 5.02 Å². The van der Waals surface area contributed by atoms with Gasteiger partial charge in [0.2, 0.25) is 0 Å². The average Bonchev–Trinajstić information content (AvgIpc) is 3.15. The molecule has 36 heavy (non-hydrogen) atoms. The Hall–Kier alpha value is -3.42. The number of benzene rings is 2. The highest BCUT2D eigenvalue weighted by atomic mass is 35.5. The van der Waals surface area contributed by atoms with E-state index in [1.165, 1.54) is 0 Å². The van der Waals surface area contributed by atoms with Crippen molar-refractivity contribution in [3.05, 3.63) is 86.5 Å². The third kappa shape index (κ3) is 5.22. The van der Waals surface area contributed by atoms with Gasteiger partial charge in [0, 0.05) is 24.4 Å². The van der Waals surface area contributed by atoms with E-state index in [0.717, 1.165) is 39.2 Å². The van der Waals surface area contributed by atoms with Crippen LogP contribution in [0.3, 0.4) is 0 Å². The summed E-state index contributed by atoms with van der Waals surface area (Å²) in [6, 6.07) is 9.49. The zero-order valence-corrected chi connectivity index (χ0v) is 21.9. The molecule has 0 atom stereocenters. The lowest BCUT2D eigenvalue weighted by Gasteiger charge is -2.15. The lowest BCUT2D eigenvalue weighted by atomic mass is 9.98. The highest BCUT2D eigenvalue weighted by Crippen LogP contribution is 2.29. The molecule has 0 unspecified atom stereocenters. The predicted octanol–water partition coefficient (Wildman–Crippen LogP) is 6.18. The summed E-state index contributed by atoms with van der Waals surface area (Å²) in [6.45, 7) is 11.3. The predicted molar refractivity (Wildman–Crippen MR) is 140 cm³/mol. The number of hydrogen-bond donors (Lipinski definition) is 1. The van der Waals surface area contributed by atoms with Crippen molar-refractivity contribution >= 4 is 28.6 Å². The van der Waals surface area contributed by atoms with Crippen molar-refractivity contribution < 1.29 is 19.4 Å². The number of pyridine rings is 1. The molecule has 0 aliphatic rings. The Kier molecular flexibility index (Phi) is 7.62. The summed E-state index contributed by atoms with van der Waals surface area (Å²) in [5.41, 5.74) is 6.97. The highest BCUT2D eigenvalue weighted by Gasteiger charge is 2.18. The molecule has 0 saturated heterocycles. The van der Waals surface area contributed by atoms with Crippen LogP contribution in [0.25, 0.3) is 11.0 Å². The second kappa shape index (κ2) is 10.7. The molecule has 2 aromatic carbocycles. The van der Waals surface area contributed by atoms with Gasteiger partial charge in [-0.2, -0.15) is 0 Å². The van der Waals surface area contributed by atoms with Crippen LogP contribution in [0.15, 0.2) is 36.5 Å². The smallest absolute Gasteiger partial charge is 0.336 e. The Morgan fingerprint density at radius 2 is 1.81 bits per heavy atom. The fourth-order valence-electron chi connectivity index (χ4n) is 4.34. The van der Waals surface area contributed by atoms with Crippen LogP contribution in [0.1, 0.15) is 56.6 Å². The molecule has 0 bridgehead atoms. The minimum absolute atomic E-state index is 0.155. The number of rotatable bonds is 9. The quantitative estimate of drug-likeness (QED) is 0.291. The first-order valence-corrected chi connectivity index (χ1v) is 12.2. The van der Waals surface area contributed by atoms with Crippen LogP contribution in [0.4, 0.5) is 0 Å². The van der Waals surface area contributed by atoms with Crippen molar-refractivity contribution in [2.45, 2.75) is 54.4 Å². The summed E-state index contributed by atoms with van der Waals surface area (Å²) in [7, 11) is 0. The normalized spacial score (nSPS) is 11.3. The van der Waals surface area contributed by atoms with E-state index >= 15 is 0 Å². The molecule has 4 aromatic rings. The maximum atomic E-state index is 11.9. The van der Waals surface area contributed by atoms with Crippen molar-refractivity contribution in [2.75, 3.05) is 6.61 Å². The monoisotopic (exact) mass is 507 g/mol. The van der Waals surface area contributed by atoms with E-state index in [-0.39, 0.29) is 6.61 Å². The number of carboxylic acid groups (broad SMARTS) is 1. The summed E-state index contributed by atoms with van der Waals surface area (Å²) in [6.07, 6.45) is 1.79. The SMILES string of the molecule is CCOCc1cnc(Cn2c(C)nc3c(C)cc(OCc4c(C)ccc(C)c4C(=O)O)cc32)c(Cl)c1. The number of imidazole rings is 1. The molecular weight excluding hydrogens is 478 g/mol. The Morgan fingerprint density at radius 3 is 2.50 bits per heavy atom. The molecule has 2 heterocycles. The number of ether oxygens (including phenoxy) is 2. The van der Waals surface area contributed by atoms with Gasteiger partial charge in [0.15, 0.2) is 0 Å². The van der Waals surface area contributed by atoms with Gasteiger partial charge in [-0.15, -0.1) is 0 Å². The highest BCUT2D eigenvalue weighted by molar-refractivity contribution is 6.31. The first-order valence-electron chi connectivity index (χ1n) is 11.8. The molecule has 0 spiro atoms. The van der Waals surface area contributed by atoms with E-state index in [2.05, 4.69) is 9.55 Å². The zero-order chi connectivity index (χ0) is 26.0. The van der Waals surface area contributed by atoms with Crippen molar-refractivity contribution in [3.63, 3.8) is 0 Å². The summed E-state index contributed by atoms with van der Waals surface area (Å²) in [5.74, 6) is 0.528. The molecule has 1 N–H and O–H groups in total. The van der Waals surface area contributed by atoms with E-state index < -0.39 is 5.97 Å². The number of carboxylic acids is 1. The van der Waals surface area contributed by atoms with Crippen molar-refractivity contribution in [1.29, 1.82) is 0 Å². The lowest BCUT2D eigenvalue weighted by molar-refractivity contribution is 0.0693. The van der Waals surface area contributed by atoms with Gasteiger partial charge in [0.1, 0.15) is 18.2 Å². The van der Waals surface area contributed by atoms with Gasteiger partial charge in [0.05, 0.1) is 40.5 Å². The van der Waals surface area contributed by atoms with Gasteiger partial charge in [-0.05, 0) is 69.0 Å². The molecule has 0 saturated carbocycles. The van der Waals surface area contributed by atoms with E-state index in [1.807, 2.05) is 58.0 Å². The number of hydrogen-bond acceptors (Lipinski definition) is 5. The van der Waals surface area contributed by atoms with Crippen LogP contribution in [-0.4, -0.2) is 32.2 Å². The number of carbonyl (C=O) groups is 1. The molecule has 4 rings (SSSR count). The Morgan fingerprint density at radius 1 is 1.06 bits per heavy atom. The van der Waals surface area contributed by atoms with E-state index in [0.29, 0.717) is 47.2 Å². The van der Waals surface area contributed by atoms with E-state index in [4.69, 9.17) is 26.1 Å². The summed E-state index contributed by atoms with van der Waals surface area (Å²) in [5, 5.41) is 10.3. The molecule has 188 valence electrons. The van der Waals surface area contributed by atoms with E-state index in [1.54, 1.807) is 13.1 Å². The molecular formula is C28H30ClN3O4. The Labute approximate surface area is 215 Å². The molecule has 0 amide bonds. The van der Waals surface area contributed by atoms with Crippen molar-refractivity contribution in [3.8, 4) is 5.75 Å². The number of fused-ring (bicyclic) bond motifs is 1. The fourth-order valence-corrected chi connectivity index (χ4v) is 4.59. The molecule has 0 radical (unpaired) electrons. The van der Waals surface area contributed by atoms with Gasteiger partial charge >= 0.3 is 5.97 Å². The fraction of sp³-hybridized carbons (Fsp3) is 0.321. The standard InChI is InChI=1S/C28H30ClN3O4/c1-6-35-14-20-10-23(29)24(30-12-20)13-32-19(5)31-27-18(4)9-21(11-25(27)32)36-15-22-16(2)7-8-17(3)26(22)28(33)34/h7-12H,6,13-15H2,1-5H3,(H,33,34). The number of aryl methyl sites for hydroxylation is 4. The summed E-state index contributed by atoms with van der Waals surface area (Å²) < 4.78 is 13.7. The molecule has 8 heteroatoms. The third-order valence-corrected chi connectivity index (χ3v) is 6.64. The lowest BCUT2D eigenvalue weighted by Crippen LogP contribution is -2.10. The number of halogens is 1. The van der Waals surface area contributed by atoms with Gasteiger partial charge < -0.3 is 19.1 Å². The molecule has 2 aromatic heterocycles. The van der Waals surface area contributed by atoms with Gasteiger partial charge in [-0.3, -0.25) is 4.98 Å². The molecule has 7 nitrogen and oxygen atoms in total. The summed E-state index contributed by atoms with van der Waals surface area (Å²) in [4.78, 5) is 21.2. The zero-order valence-electron chi connectivity index (χ0n) is 21.2. The van der Waals surface area contributed by atoms with Crippen LogP contribution in [-0.2, 0) is 24.5 Å².